The summed E-state index contributed by atoms with van der Waals surface area (Å²) in [6.45, 7) is 8.33. The Morgan fingerprint density at radius 2 is 1.91 bits per heavy atom. The summed E-state index contributed by atoms with van der Waals surface area (Å²) < 4.78 is 2.89. The molecule has 2 aliphatic rings. The van der Waals surface area contributed by atoms with Crippen molar-refractivity contribution in [2.45, 2.75) is 58.3 Å². The second-order valence-electron chi connectivity index (χ2n) is 9.02. The van der Waals surface area contributed by atoms with Crippen LogP contribution in [0.2, 0.25) is 0 Å². The van der Waals surface area contributed by atoms with Gasteiger partial charge in [-0.3, -0.25) is 18.8 Å². The molecule has 6 heteroatoms. The van der Waals surface area contributed by atoms with Crippen molar-refractivity contribution in [3.05, 3.63) is 80.1 Å². The van der Waals surface area contributed by atoms with E-state index in [-0.39, 0.29) is 17.8 Å². The highest BCUT2D eigenvalue weighted by molar-refractivity contribution is 5.60. The first-order valence-electron chi connectivity index (χ1n) is 11.6. The van der Waals surface area contributed by atoms with Gasteiger partial charge >= 0.3 is 5.69 Å². The Morgan fingerprint density at radius 1 is 1.16 bits per heavy atom. The maximum atomic E-state index is 13.3. The smallest absolute Gasteiger partial charge is 0.331 e. The second kappa shape index (κ2) is 9.84. The molecule has 0 bridgehead atoms. The maximum Gasteiger partial charge on any atom is 0.331 e. The van der Waals surface area contributed by atoms with Crippen LogP contribution in [-0.4, -0.2) is 38.3 Å². The van der Waals surface area contributed by atoms with E-state index < -0.39 is 6.10 Å². The predicted molar refractivity (Wildman–Crippen MR) is 129 cm³/mol. The number of β-amino-alcohol motifs (C(OH)–C–C–N with tert-alkyl or cyclic N) is 1. The van der Waals surface area contributed by atoms with E-state index in [0.717, 1.165) is 32.4 Å². The van der Waals surface area contributed by atoms with Crippen molar-refractivity contribution in [2.24, 2.45) is 5.92 Å². The van der Waals surface area contributed by atoms with Crippen molar-refractivity contribution in [1.82, 2.24) is 14.0 Å². The molecular formula is C26H33N3O3. The Kier molecular flexibility index (Phi) is 6.92. The van der Waals surface area contributed by atoms with E-state index in [0.29, 0.717) is 30.3 Å². The zero-order valence-corrected chi connectivity index (χ0v) is 18.9. The van der Waals surface area contributed by atoms with Gasteiger partial charge in [0.25, 0.3) is 5.56 Å². The molecule has 2 heterocycles. The SMILES string of the molecule is C=Cc1c(/C=C\C)c(=O)n(C[C@H](O)CN2CCc3ccccc3C2)c(=O)n1CC1CCC1. The van der Waals surface area contributed by atoms with Gasteiger partial charge in [-0.25, -0.2) is 4.79 Å². The number of fused-ring (bicyclic) bond motifs is 1. The fourth-order valence-electron chi connectivity index (χ4n) is 4.83. The summed E-state index contributed by atoms with van der Waals surface area (Å²) in [5, 5.41) is 10.8. The Morgan fingerprint density at radius 3 is 2.56 bits per heavy atom. The van der Waals surface area contributed by atoms with E-state index in [9.17, 15) is 14.7 Å². The summed E-state index contributed by atoms with van der Waals surface area (Å²) in [5.74, 6) is 0.453. The number of aliphatic hydroxyl groups excluding tert-OH is 1. The monoisotopic (exact) mass is 435 g/mol. The number of aliphatic hydroxyl groups is 1. The van der Waals surface area contributed by atoms with Gasteiger partial charge in [0, 0.05) is 26.2 Å². The molecule has 1 atom stereocenters. The van der Waals surface area contributed by atoms with Crippen LogP contribution in [0.3, 0.4) is 0 Å². The zero-order chi connectivity index (χ0) is 22.7. The molecule has 1 N–H and O–H groups in total. The lowest BCUT2D eigenvalue weighted by atomic mass is 9.85. The molecule has 1 aromatic heterocycles. The minimum Gasteiger partial charge on any atom is -0.390 e. The standard InChI is InChI=1S/C26H33N3O3/c1-3-8-23-24(4-2)28(15-19-9-7-10-19)26(32)29(25(23)31)18-22(30)17-27-14-13-20-11-5-6-12-21(20)16-27/h3-6,8,11-12,19,22,30H,2,7,9-10,13-18H2,1H3/b8-3-/t22-/m1/s1. The van der Waals surface area contributed by atoms with Crippen LogP contribution in [0, 0.1) is 5.92 Å². The quantitative estimate of drug-likeness (QED) is 0.692. The molecular weight excluding hydrogens is 402 g/mol. The maximum absolute atomic E-state index is 13.3. The van der Waals surface area contributed by atoms with Crippen LogP contribution in [-0.2, 0) is 26.1 Å². The van der Waals surface area contributed by atoms with Gasteiger partial charge in [0.15, 0.2) is 0 Å². The van der Waals surface area contributed by atoms with E-state index in [4.69, 9.17) is 0 Å². The van der Waals surface area contributed by atoms with Gasteiger partial charge in [-0.15, -0.1) is 0 Å². The zero-order valence-electron chi connectivity index (χ0n) is 18.9. The molecule has 1 aromatic carbocycles. The minimum absolute atomic E-state index is 0.0115. The Bertz CT molecular complexity index is 1120. The first-order valence-corrected chi connectivity index (χ1v) is 11.6. The molecule has 1 fully saturated rings. The predicted octanol–water partition coefficient (Wildman–Crippen LogP) is 2.91. The van der Waals surface area contributed by atoms with E-state index in [1.807, 2.05) is 13.0 Å². The van der Waals surface area contributed by atoms with Gasteiger partial charge < -0.3 is 5.11 Å². The molecule has 170 valence electrons. The summed E-state index contributed by atoms with van der Waals surface area (Å²) in [6, 6.07) is 8.36. The van der Waals surface area contributed by atoms with Crippen molar-refractivity contribution >= 4 is 12.2 Å². The van der Waals surface area contributed by atoms with Crippen LogP contribution < -0.4 is 11.2 Å². The molecule has 0 radical (unpaired) electrons. The van der Waals surface area contributed by atoms with Crippen LogP contribution in [0.15, 0.2) is 46.5 Å². The molecule has 1 saturated carbocycles. The fourth-order valence-corrected chi connectivity index (χ4v) is 4.83. The lowest BCUT2D eigenvalue weighted by molar-refractivity contribution is 0.0892. The number of hydrogen-bond donors (Lipinski definition) is 1. The van der Waals surface area contributed by atoms with Crippen molar-refractivity contribution < 1.29 is 5.11 Å². The summed E-state index contributed by atoms with van der Waals surface area (Å²) in [4.78, 5) is 28.7. The summed E-state index contributed by atoms with van der Waals surface area (Å²) >= 11 is 0. The number of allylic oxidation sites excluding steroid dienone is 1. The molecule has 4 rings (SSSR count). The topological polar surface area (TPSA) is 67.5 Å². The van der Waals surface area contributed by atoms with Gasteiger partial charge in [0.2, 0.25) is 0 Å². The summed E-state index contributed by atoms with van der Waals surface area (Å²) in [5.41, 5.74) is 2.94. The molecule has 0 spiro atoms. The number of benzene rings is 1. The van der Waals surface area contributed by atoms with E-state index in [2.05, 4.69) is 29.7 Å². The summed E-state index contributed by atoms with van der Waals surface area (Å²) in [7, 11) is 0. The molecule has 0 amide bonds. The van der Waals surface area contributed by atoms with Crippen LogP contribution in [0.5, 0.6) is 0 Å². The third-order valence-corrected chi connectivity index (χ3v) is 6.77. The molecule has 6 nitrogen and oxygen atoms in total. The van der Waals surface area contributed by atoms with E-state index in [1.54, 1.807) is 22.8 Å². The van der Waals surface area contributed by atoms with Gasteiger partial charge in [-0.1, -0.05) is 49.4 Å². The molecule has 0 unspecified atom stereocenters. The number of rotatable bonds is 8. The van der Waals surface area contributed by atoms with Gasteiger partial charge in [0.1, 0.15) is 0 Å². The first-order chi connectivity index (χ1) is 15.5. The number of nitrogens with zero attached hydrogens (tertiary/aromatic N) is 3. The van der Waals surface area contributed by atoms with Crippen LogP contribution >= 0.6 is 0 Å². The third kappa shape index (κ3) is 4.57. The molecule has 32 heavy (non-hydrogen) atoms. The van der Waals surface area contributed by atoms with Crippen LogP contribution in [0.25, 0.3) is 12.2 Å². The average molecular weight is 436 g/mol. The molecule has 1 aliphatic carbocycles. The van der Waals surface area contributed by atoms with Gasteiger partial charge in [-0.05, 0) is 49.3 Å². The van der Waals surface area contributed by atoms with E-state index in [1.165, 1.54) is 22.1 Å². The Balaban J connectivity index is 1.59. The van der Waals surface area contributed by atoms with Crippen molar-refractivity contribution in [1.29, 1.82) is 0 Å². The van der Waals surface area contributed by atoms with Crippen molar-refractivity contribution in [2.75, 3.05) is 13.1 Å². The largest absolute Gasteiger partial charge is 0.390 e. The lowest BCUT2D eigenvalue weighted by Crippen LogP contribution is -2.47. The molecule has 1 aliphatic heterocycles. The van der Waals surface area contributed by atoms with Crippen LogP contribution in [0.1, 0.15) is 48.6 Å². The normalized spacial score (nSPS) is 17.8. The average Bonchev–Trinajstić information content (AvgIpc) is 2.76. The Hall–Kier alpha value is -2.70. The summed E-state index contributed by atoms with van der Waals surface area (Å²) in [6.07, 6.45) is 8.64. The fraction of sp³-hybridized carbons (Fsp3) is 0.462. The van der Waals surface area contributed by atoms with Crippen LogP contribution in [0.4, 0.5) is 0 Å². The van der Waals surface area contributed by atoms with Gasteiger partial charge in [-0.2, -0.15) is 0 Å². The highest BCUT2D eigenvalue weighted by atomic mass is 16.3. The lowest BCUT2D eigenvalue weighted by Gasteiger charge is -2.31. The van der Waals surface area contributed by atoms with Crippen molar-refractivity contribution in [3.63, 3.8) is 0 Å². The second-order valence-corrected chi connectivity index (χ2v) is 9.02. The number of hydrogen-bond acceptors (Lipinski definition) is 4. The van der Waals surface area contributed by atoms with Gasteiger partial charge in [0.05, 0.1) is 23.9 Å². The molecule has 2 aromatic rings. The number of aromatic nitrogens is 2. The van der Waals surface area contributed by atoms with Crippen molar-refractivity contribution in [3.8, 4) is 0 Å². The first kappa shape index (κ1) is 22.5. The Labute approximate surface area is 189 Å². The third-order valence-electron chi connectivity index (χ3n) is 6.77. The molecule has 0 saturated heterocycles. The minimum atomic E-state index is -0.809. The highest BCUT2D eigenvalue weighted by Gasteiger charge is 2.24. The van der Waals surface area contributed by atoms with E-state index >= 15 is 0 Å². The highest BCUT2D eigenvalue weighted by Crippen LogP contribution is 2.28.